The molecule has 0 unspecified atom stereocenters. The Balaban J connectivity index is 2.58. The minimum atomic E-state index is 0.920. The van der Waals surface area contributed by atoms with E-state index in [4.69, 9.17) is 0 Å². The van der Waals surface area contributed by atoms with Crippen molar-refractivity contribution in [3.63, 3.8) is 0 Å². The molecule has 0 bridgehead atoms. The molecule has 0 saturated carbocycles. The van der Waals surface area contributed by atoms with Crippen molar-refractivity contribution < 1.29 is 0 Å². The number of nitrogens with zero attached hydrogens (tertiary/aromatic N) is 2. The highest BCUT2D eigenvalue weighted by atomic mass is 79.9. The largest absolute Gasteiger partial charge is 0.301 e. The number of hydrogen-bond acceptors (Lipinski definition) is 2. The lowest BCUT2D eigenvalue weighted by Gasteiger charge is -2.12. The summed E-state index contributed by atoms with van der Waals surface area (Å²) in [5.41, 5.74) is 1.11. The molecule has 3 heteroatoms. The summed E-state index contributed by atoms with van der Waals surface area (Å²) in [6.07, 6.45) is 1.83. The molecule has 0 aliphatic carbocycles. The molecule has 1 aromatic rings. The van der Waals surface area contributed by atoms with Crippen molar-refractivity contribution in [1.29, 1.82) is 0 Å². The van der Waals surface area contributed by atoms with Crippen LogP contribution in [0.4, 0.5) is 0 Å². The van der Waals surface area contributed by atoms with Crippen LogP contribution >= 0.6 is 15.9 Å². The van der Waals surface area contributed by atoms with Crippen molar-refractivity contribution in [2.24, 2.45) is 0 Å². The van der Waals surface area contributed by atoms with E-state index in [1.165, 1.54) is 0 Å². The fraction of sp³-hybridized carbons (Fsp3) is 0.444. The van der Waals surface area contributed by atoms with E-state index >= 15 is 0 Å². The zero-order chi connectivity index (χ0) is 8.97. The number of rotatable bonds is 3. The molecule has 0 atom stereocenters. The Bertz CT molecular complexity index is 233. The molecule has 1 heterocycles. The summed E-state index contributed by atoms with van der Waals surface area (Å²) in [4.78, 5) is 6.50. The summed E-state index contributed by atoms with van der Waals surface area (Å²) in [6.45, 7) is 4.11. The monoisotopic (exact) mass is 228 g/mol. The molecule has 0 aliphatic heterocycles. The normalized spacial score (nSPS) is 10.7. The number of aromatic nitrogens is 1. The van der Waals surface area contributed by atoms with Gasteiger partial charge in [0.25, 0.3) is 0 Å². The lowest BCUT2D eigenvalue weighted by molar-refractivity contribution is 0.341. The van der Waals surface area contributed by atoms with E-state index in [2.05, 4.69) is 39.8 Å². The molecule has 0 aliphatic rings. The Morgan fingerprint density at radius 1 is 1.50 bits per heavy atom. The second kappa shape index (κ2) is 4.58. The third-order valence-corrected chi connectivity index (χ3v) is 2.23. The number of pyridine rings is 1. The van der Waals surface area contributed by atoms with Crippen molar-refractivity contribution in [3.05, 3.63) is 28.5 Å². The lowest BCUT2D eigenvalue weighted by atomic mass is 10.3. The lowest BCUT2D eigenvalue weighted by Crippen LogP contribution is -2.17. The van der Waals surface area contributed by atoms with Crippen LogP contribution in [-0.2, 0) is 6.54 Å². The second-order valence-electron chi connectivity index (χ2n) is 2.80. The summed E-state index contributed by atoms with van der Waals surface area (Å²) in [5, 5.41) is 0. The average molecular weight is 229 g/mol. The van der Waals surface area contributed by atoms with Crippen molar-refractivity contribution in [1.82, 2.24) is 9.88 Å². The highest BCUT2D eigenvalue weighted by Gasteiger charge is 1.97. The van der Waals surface area contributed by atoms with Gasteiger partial charge in [-0.15, -0.1) is 0 Å². The Kier molecular flexibility index (Phi) is 3.69. The fourth-order valence-electron chi connectivity index (χ4n) is 0.888. The van der Waals surface area contributed by atoms with E-state index in [1.54, 1.807) is 0 Å². The highest BCUT2D eigenvalue weighted by Crippen LogP contribution is 2.08. The summed E-state index contributed by atoms with van der Waals surface area (Å²) < 4.78 is 1.03. The van der Waals surface area contributed by atoms with Gasteiger partial charge >= 0.3 is 0 Å². The molecular weight excluding hydrogens is 216 g/mol. The molecule has 1 rings (SSSR count). The Morgan fingerprint density at radius 2 is 2.25 bits per heavy atom. The molecule has 0 radical (unpaired) electrons. The van der Waals surface area contributed by atoms with Crippen LogP contribution in [0.1, 0.15) is 12.6 Å². The molecule has 0 saturated heterocycles. The minimum absolute atomic E-state index is 0.920. The number of hydrogen-bond donors (Lipinski definition) is 0. The molecule has 12 heavy (non-hydrogen) atoms. The number of halogens is 1. The SMILES string of the molecule is CCN(C)Cc1ccc(Br)cn1. The summed E-state index contributed by atoms with van der Waals surface area (Å²) in [6, 6.07) is 4.06. The van der Waals surface area contributed by atoms with Gasteiger partial charge in [0, 0.05) is 17.2 Å². The first-order chi connectivity index (χ1) is 5.72. The first-order valence-corrected chi connectivity index (χ1v) is 4.80. The summed E-state index contributed by atoms with van der Waals surface area (Å²) in [7, 11) is 2.09. The van der Waals surface area contributed by atoms with Crippen LogP contribution in [0.15, 0.2) is 22.8 Å². The molecule has 0 amide bonds. The molecule has 66 valence electrons. The maximum absolute atomic E-state index is 4.28. The van der Waals surface area contributed by atoms with Crippen LogP contribution in [0.2, 0.25) is 0 Å². The van der Waals surface area contributed by atoms with Crippen LogP contribution in [0.3, 0.4) is 0 Å². The van der Waals surface area contributed by atoms with E-state index < -0.39 is 0 Å². The van der Waals surface area contributed by atoms with Gasteiger partial charge in [0.2, 0.25) is 0 Å². The van der Waals surface area contributed by atoms with Gasteiger partial charge in [-0.1, -0.05) is 6.92 Å². The van der Waals surface area contributed by atoms with Gasteiger partial charge in [0.05, 0.1) is 5.69 Å². The van der Waals surface area contributed by atoms with Crippen molar-refractivity contribution >= 4 is 15.9 Å². The Hall–Kier alpha value is -0.410. The maximum atomic E-state index is 4.28. The second-order valence-corrected chi connectivity index (χ2v) is 3.71. The van der Waals surface area contributed by atoms with Crippen LogP contribution in [0, 0.1) is 0 Å². The van der Waals surface area contributed by atoms with Gasteiger partial charge in [-0.05, 0) is 41.7 Å². The smallest absolute Gasteiger partial charge is 0.0544 e. The average Bonchev–Trinajstić information content (AvgIpc) is 2.09. The summed E-state index contributed by atoms with van der Waals surface area (Å²) >= 11 is 3.35. The van der Waals surface area contributed by atoms with E-state index in [-0.39, 0.29) is 0 Å². The minimum Gasteiger partial charge on any atom is -0.301 e. The standard InChI is InChI=1S/C9H13BrN2/c1-3-12(2)7-9-5-4-8(10)6-11-9/h4-6H,3,7H2,1-2H3. The Morgan fingerprint density at radius 3 is 2.75 bits per heavy atom. The molecule has 2 nitrogen and oxygen atoms in total. The van der Waals surface area contributed by atoms with Gasteiger partial charge < -0.3 is 4.90 Å². The molecule has 1 aromatic heterocycles. The van der Waals surface area contributed by atoms with Crippen LogP contribution < -0.4 is 0 Å². The zero-order valence-corrected chi connectivity index (χ0v) is 9.00. The van der Waals surface area contributed by atoms with Crippen LogP contribution in [0.5, 0.6) is 0 Å². The predicted octanol–water partition coefficient (Wildman–Crippen LogP) is 2.30. The van der Waals surface area contributed by atoms with Gasteiger partial charge in [0.1, 0.15) is 0 Å². The van der Waals surface area contributed by atoms with E-state index in [1.807, 2.05) is 18.3 Å². The molecule has 0 fully saturated rings. The molecule has 0 aromatic carbocycles. The summed E-state index contributed by atoms with van der Waals surface area (Å²) in [5.74, 6) is 0. The van der Waals surface area contributed by atoms with Crippen LogP contribution in [-0.4, -0.2) is 23.5 Å². The molecular formula is C9H13BrN2. The van der Waals surface area contributed by atoms with Crippen molar-refractivity contribution in [2.45, 2.75) is 13.5 Å². The van der Waals surface area contributed by atoms with Gasteiger partial charge in [-0.2, -0.15) is 0 Å². The molecule has 0 spiro atoms. The van der Waals surface area contributed by atoms with E-state index in [0.29, 0.717) is 0 Å². The van der Waals surface area contributed by atoms with Crippen LogP contribution in [0.25, 0.3) is 0 Å². The van der Waals surface area contributed by atoms with E-state index in [9.17, 15) is 0 Å². The zero-order valence-electron chi connectivity index (χ0n) is 7.42. The maximum Gasteiger partial charge on any atom is 0.0544 e. The third kappa shape index (κ3) is 2.91. The predicted molar refractivity (Wildman–Crippen MR) is 53.9 cm³/mol. The fourth-order valence-corrected chi connectivity index (χ4v) is 1.12. The quantitative estimate of drug-likeness (QED) is 0.790. The first-order valence-electron chi connectivity index (χ1n) is 4.01. The van der Waals surface area contributed by atoms with Gasteiger partial charge in [-0.25, -0.2) is 0 Å². The van der Waals surface area contributed by atoms with Crippen molar-refractivity contribution in [3.8, 4) is 0 Å². The van der Waals surface area contributed by atoms with Crippen molar-refractivity contribution in [2.75, 3.05) is 13.6 Å². The Labute approximate surface area is 81.7 Å². The van der Waals surface area contributed by atoms with Gasteiger partial charge in [0.15, 0.2) is 0 Å². The van der Waals surface area contributed by atoms with Gasteiger partial charge in [-0.3, -0.25) is 4.98 Å². The third-order valence-electron chi connectivity index (χ3n) is 1.76. The molecule has 0 N–H and O–H groups in total. The highest BCUT2D eigenvalue weighted by molar-refractivity contribution is 9.10. The topological polar surface area (TPSA) is 16.1 Å². The first kappa shape index (κ1) is 9.68. The van der Waals surface area contributed by atoms with E-state index in [0.717, 1.165) is 23.3 Å².